The van der Waals surface area contributed by atoms with Crippen molar-refractivity contribution >= 4 is 22.6 Å². The predicted octanol–water partition coefficient (Wildman–Crippen LogP) is 2.55. The largest absolute Gasteiger partial charge is 0.395 e. The normalized spacial score (nSPS) is 10.5. The van der Waals surface area contributed by atoms with E-state index in [1.165, 1.54) is 0 Å². The third-order valence-electron chi connectivity index (χ3n) is 3.63. The lowest BCUT2D eigenvalue weighted by atomic mass is 10.2. The molecule has 3 rings (SSSR count). The summed E-state index contributed by atoms with van der Waals surface area (Å²) in [6.07, 6.45) is -0.188. The van der Waals surface area contributed by atoms with Crippen LogP contribution in [0.4, 0.5) is 5.69 Å². The van der Waals surface area contributed by atoms with Crippen LogP contribution in [0.25, 0.3) is 22.4 Å². The highest BCUT2D eigenvalue weighted by Gasteiger charge is 2.13. The van der Waals surface area contributed by atoms with Crippen molar-refractivity contribution in [1.29, 1.82) is 5.26 Å². The van der Waals surface area contributed by atoms with Gasteiger partial charge in [-0.2, -0.15) is 5.26 Å². The second kappa shape index (κ2) is 6.94. The van der Waals surface area contributed by atoms with Crippen LogP contribution in [0.2, 0.25) is 0 Å². The third kappa shape index (κ3) is 3.12. The molecular weight excluding hydrogens is 304 g/mol. The molecule has 6 heteroatoms. The maximum absolute atomic E-state index is 11.6. The zero-order chi connectivity index (χ0) is 16.9. The van der Waals surface area contributed by atoms with E-state index >= 15 is 0 Å². The van der Waals surface area contributed by atoms with Crippen LogP contribution in [0.5, 0.6) is 0 Å². The SMILES string of the molecule is N#CCC(=O)Nc1ccc2c(c1)nc(-c1ccccc1)n2CCO. The Bertz CT molecular complexity index is 910. The second-order valence-electron chi connectivity index (χ2n) is 5.26. The van der Waals surface area contributed by atoms with E-state index in [1.54, 1.807) is 12.1 Å². The first kappa shape index (κ1) is 15.7. The van der Waals surface area contributed by atoms with Crippen LogP contribution in [-0.4, -0.2) is 27.2 Å². The molecule has 0 atom stereocenters. The summed E-state index contributed by atoms with van der Waals surface area (Å²) in [7, 11) is 0. The number of benzene rings is 2. The molecule has 1 aromatic heterocycles. The molecule has 0 radical (unpaired) electrons. The average molecular weight is 320 g/mol. The highest BCUT2D eigenvalue weighted by Crippen LogP contribution is 2.26. The van der Waals surface area contributed by atoms with Gasteiger partial charge in [-0.25, -0.2) is 4.98 Å². The van der Waals surface area contributed by atoms with Gasteiger partial charge in [0, 0.05) is 17.8 Å². The summed E-state index contributed by atoms with van der Waals surface area (Å²) in [5, 5.41) is 20.6. The van der Waals surface area contributed by atoms with Crippen LogP contribution in [0, 0.1) is 11.3 Å². The predicted molar refractivity (Wildman–Crippen MR) is 91.1 cm³/mol. The molecule has 6 nitrogen and oxygen atoms in total. The van der Waals surface area contributed by atoms with Gasteiger partial charge in [0.05, 0.1) is 23.7 Å². The summed E-state index contributed by atoms with van der Waals surface area (Å²) < 4.78 is 1.95. The molecule has 24 heavy (non-hydrogen) atoms. The highest BCUT2D eigenvalue weighted by molar-refractivity contribution is 5.94. The second-order valence-corrected chi connectivity index (χ2v) is 5.26. The molecule has 1 heterocycles. The van der Waals surface area contributed by atoms with Gasteiger partial charge in [-0.3, -0.25) is 4.79 Å². The molecule has 2 N–H and O–H groups in total. The Morgan fingerprint density at radius 2 is 2.04 bits per heavy atom. The van der Waals surface area contributed by atoms with E-state index in [4.69, 9.17) is 5.26 Å². The smallest absolute Gasteiger partial charge is 0.238 e. The molecule has 1 amide bonds. The molecule has 3 aromatic rings. The van der Waals surface area contributed by atoms with Gasteiger partial charge in [-0.15, -0.1) is 0 Å². The minimum Gasteiger partial charge on any atom is -0.395 e. The highest BCUT2D eigenvalue weighted by atomic mass is 16.3. The number of aliphatic hydroxyl groups excluding tert-OH is 1. The summed E-state index contributed by atoms with van der Waals surface area (Å²) in [5.74, 6) is 0.412. The quantitative estimate of drug-likeness (QED) is 0.756. The maximum Gasteiger partial charge on any atom is 0.238 e. The number of nitrogens with zero attached hydrogens (tertiary/aromatic N) is 3. The number of hydrogen-bond acceptors (Lipinski definition) is 4. The molecule has 0 aliphatic carbocycles. The lowest BCUT2D eigenvalue weighted by molar-refractivity contribution is -0.115. The van der Waals surface area contributed by atoms with Gasteiger partial charge >= 0.3 is 0 Å². The Morgan fingerprint density at radius 3 is 2.75 bits per heavy atom. The molecule has 0 spiro atoms. The fraction of sp³-hybridized carbons (Fsp3) is 0.167. The number of aromatic nitrogens is 2. The first-order chi connectivity index (χ1) is 11.7. The van der Waals surface area contributed by atoms with E-state index in [9.17, 15) is 9.90 Å². The topological polar surface area (TPSA) is 90.9 Å². The Kier molecular flexibility index (Phi) is 4.54. The Balaban J connectivity index is 2.05. The number of aliphatic hydroxyl groups is 1. The van der Waals surface area contributed by atoms with Crippen molar-refractivity contribution in [2.45, 2.75) is 13.0 Å². The van der Waals surface area contributed by atoms with E-state index < -0.39 is 0 Å². The van der Waals surface area contributed by atoms with Crippen molar-refractivity contribution in [3.05, 3.63) is 48.5 Å². The van der Waals surface area contributed by atoms with E-state index in [1.807, 2.05) is 47.0 Å². The number of nitrogens with one attached hydrogen (secondary N) is 1. The fourth-order valence-electron chi connectivity index (χ4n) is 2.62. The van der Waals surface area contributed by atoms with Crippen LogP contribution >= 0.6 is 0 Å². The van der Waals surface area contributed by atoms with Gasteiger partial charge < -0.3 is 15.0 Å². The zero-order valence-electron chi connectivity index (χ0n) is 12.9. The standard InChI is InChI=1S/C18H16N4O2/c19-9-8-17(24)20-14-6-7-16-15(12-14)21-18(22(16)10-11-23)13-4-2-1-3-5-13/h1-7,12,23H,8,10-11H2,(H,20,24). The molecule has 0 unspecified atom stereocenters. The monoisotopic (exact) mass is 320 g/mol. The summed E-state index contributed by atoms with van der Waals surface area (Å²) in [6, 6.07) is 16.9. The number of nitriles is 1. The van der Waals surface area contributed by atoms with Crippen LogP contribution in [0.15, 0.2) is 48.5 Å². The lowest BCUT2D eigenvalue weighted by Gasteiger charge is -2.07. The van der Waals surface area contributed by atoms with Crippen LogP contribution in [0.1, 0.15) is 6.42 Å². The molecule has 0 bridgehead atoms. The number of carbonyl (C=O) groups excluding carboxylic acids is 1. The van der Waals surface area contributed by atoms with Crippen molar-refractivity contribution in [2.24, 2.45) is 0 Å². The van der Waals surface area contributed by atoms with Crippen molar-refractivity contribution < 1.29 is 9.90 Å². The summed E-state index contributed by atoms with van der Waals surface area (Å²) in [6.45, 7) is 0.437. The van der Waals surface area contributed by atoms with E-state index in [0.717, 1.165) is 22.4 Å². The van der Waals surface area contributed by atoms with Gasteiger partial charge in [0.25, 0.3) is 0 Å². The maximum atomic E-state index is 11.6. The number of hydrogen-bond donors (Lipinski definition) is 2. The molecule has 0 saturated heterocycles. The van der Waals surface area contributed by atoms with Crippen molar-refractivity contribution in [1.82, 2.24) is 9.55 Å². The van der Waals surface area contributed by atoms with E-state index in [-0.39, 0.29) is 18.9 Å². The summed E-state index contributed by atoms with van der Waals surface area (Å²) in [4.78, 5) is 16.2. The van der Waals surface area contributed by atoms with Crippen LogP contribution in [-0.2, 0) is 11.3 Å². The van der Waals surface area contributed by atoms with Crippen molar-refractivity contribution in [3.63, 3.8) is 0 Å². The Hall–Kier alpha value is -3.17. The lowest BCUT2D eigenvalue weighted by Crippen LogP contribution is -2.10. The van der Waals surface area contributed by atoms with Gasteiger partial charge in [0.2, 0.25) is 5.91 Å². The molecule has 0 saturated carbocycles. The van der Waals surface area contributed by atoms with Crippen LogP contribution < -0.4 is 5.32 Å². The number of imidazole rings is 1. The fourth-order valence-corrected chi connectivity index (χ4v) is 2.62. The Morgan fingerprint density at radius 1 is 1.25 bits per heavy atom. The third-order valence-corrected chi connectivity index (χ3v) is 3.63. The van der Waals surface area contributed by atoms with E-state index in [0.29, 0.717) is 12.2 Å². The molecule has 0 aliphatic heterocycles. The molecule has 120 valence electrons. The number of amides is 1. The van der Waals surface area contributed by atoms with Gasteiger partial charge in [-0.05, 0) is 18.2 Å². The van der Waals surface area contributed by atoms with Crippen molar-refractivity contribution in [2.75, 3.05) is 11.9 Å². The first-order valence-electron chi connectivity index (χ1n) is 7.56. The van der Waals surface area contributed by atoms with Crippen molar-refractivity contribution in [3.8, 4) is 17.5 Å². The molecular formula is C18H16N4O2. The molecule has 0 fully saturated rings. The van der Waals surface area contributed by atoms with E-state index in [2.05, 4.69) is 10.3 Å². The summed E-state index contributed by atoms with van der Waals surface area (Å²) in [5.41, 5.74) is 3.14. The Labute approximate surface area is 139 Å². The number of fused-ring (bicyclic) bond motifs is 1. The van der Waals surface area contributed by atoms with Crippen LogP contribution in [0.3, 0.4) is 0 Å². The summed E-state index contributed by atoms with van der Waals surface area (Å²) >= 11 is 0. The zero-order valence-corrected chi connectivity index (χ0v) is 12.9. The number of anilines is 1. The van der Waals surface area contributed by atoms with Gasteiger partial charge in [0.15, 0.2) is 0 Å². The minimum absolute atomic E-state index is 0.00590. The van der Waals surface area contributed by atoms with Gasteiger partial charge in [0.1, 0.15) is 12.2 Å². The first-order valence-corrected chi connectivity index (χ1v) is 7.56. The molecule has 0 aliphatic rings. The van der Waals surface area contributed by atoms with Gasteiger partial charge in [-0.1, -0.05) is 30.3 Å². The number of rotatable bonds is 5. The minimum atomic E-state index is -0.352. The average Bonchev–Trinajstić information content (AvgIpc) is 2.94. The number of carbonyl (C=O) groups is 1. The molecule has 2 aromatic carbocycles.